The normalized spacial score (nSPS) is 17.4. The number of rotatable bonds is 12. The quantitative estimate of drug-likeness (QED) is 0.191. The lowest BCUT2D eigenvalue weighted by Crippen LogP contribution is -2.47. The molecule has 1 aliphatic carbocycles. The van der Waals surface area contributed by atoms with Crippen molar-refractivity contribution in [1.29, 1.82) is 0 Å². The summed E-state index contributed by atoms with van der Waals surface area (Å²) >= 11 is 0. The molecule has 1 saturated heterocycles. The number of piperazine rings is 1. The molecule has 1 unspecified atom stereocenters. The molecule has 12 nitrogen and oxygen atoms in total. The highest BCUT2D eigenvalue weighted by Gasteiger charge is 2.25. The lowest BCUT2D eigenvalue weighted by Gasteiger charge is -2.34. The fourth-order valence-corrected chi connectivity index (χ4v) is 7.02. The van der Waals surface area contributed by atoms with Crippen LogP contribution in [0, 0.1) is 5.92 Å². The molecule has 1 aliphatic heterocycles. The standard InChI is InChI=1S/C35H43N9O3/c1-2-10-42-11-13-43(14-12-42)15-17-46-16-9-29(45)26-6-5-24-18-23(3-4-25(24)19-26)21-44-34-31(33(36)38-22-39-34)32(41-44)27-7-8-30-28(20-27)40-35(37)47-30/h3-4,7-8,18,20,22,26H,2,5-6,9-17,19,21H2,1H3,(H2,37,40)(H2,36,38,39). The number of hydrogen-bond acceptors (Lipinski definition) is 11. The van der Waals surface area contributed by atoms with Crippen molar-refractivity contribution in [2.75, 3.05) is 63.9 Å². The first-order chi connectivity index (χ1) is 22.9. The van der Waals surface area contributed by atoms with E-state index in [1.54, 1.807) is 0 Å². The third kappa shape index (κ3) is 6.85. The number of carbonyl (C=O) groups is 1. The number of hydrogen-bond donors (Lipinski definition) is 2. The lowest BCUT2D eigenvalue weighted by molar-refractivity contribution is -0.124. The summed E-state index contributed by atoms with van der Waals surface area (Å²) < 4.78 is 13.2. The summed E-state index contributed by atoms with van der Waals surface area (Å²) in [4.78, 5) is 31.1. The predicted octanol–water partition coefficient (Wildman–Crippen LogP) is 3.96. The Hall–Kier alpha value is -4.39. The Kier molecular flexibility index (Phi) is 9.14. The van der Waals surface area contributed by atoms with Crippen molar-refractivity contribution in [2.45, 2.75) is 45.6 Å². The molecule has 1 fully saturated rings. The van der Waals surface area contributed by atoms with E-state index in [1.807, 2.05) is 22.9 Å². The zero-order valence-corrected chi connectivity index (χ0v) is 27.0. The third-order valence-corrected chi connectivity index (χ3v) is 9.57. The van der Waals surface area contributed by atoms with Crippen LogP contribution in [0.15, 0.2) is 47.1 Å². The minimum atomic E-state index is 0.0540. The number of aryl methyl sites for hydroxylation is 1. The second kappa shape index (κ2) is 13.8. The number of carbonyl (C=O) groups excluding carboxylic acids is 1. The van der Waals surface area contributed by atoms with Gasteiger partial charge >= 0.3 is 0 Å². The van der Waals surface area contributed by atoms with Gasteiger partial charge < -0.3 is 25.5 Å². The van der Waals surface area contributed by atoms with Crippen LogP contribution < -0.4 is 11.5 Å². The van der Waals surface area contributed by atoms with Crippen molar-refractivity contribution in [3.05, 3.63) is 59.4 Å². The summed E-state index contributed by atoms with van der Waals surface area (Å²) in [6.07, 6.45) is 5.69. The maximum absolute atomic E-state index is 13.1. The fourth-order valence-electron chi connectivity index (χ4n) is 7.02. The second-order valence-corrected chi connectivity index (χ2v) is 12.8. The Balaban J connectivity index is 0.957. The molecule has 0 radical (unpaired) electrons. The molecule has 4 N–H and O–H groups in total. The Morgan fingerprint density at radius 3 is 2.66 bits per heavy atom. The van der Waals surface area contributed by atoms with Crippen molar-refractivity contribution < 1.29 is 13.9 Å². The van der Waals surface area contributed by atoms with E-state index in [-0.39, 0.29) is 11.9 Å². The van der Waals surface area contributed by atoms with Gasteiger partial charge in [0, 0.05) is 50.6 Å². The maximum atomic E-state index is 13.1. The summed E-state index contributed by atoms with van der Waals surface area (Å²) in [5, 5.41) is 5.63. The zero-order valence-electron chi connectivity index (χ0n) is 27.0. The molecule has 3 aromatic heterocycles. The van der Waals surface area contributed by atoms with E-state index in [4.69, 9.17) is 25.7 Å². The summed E-state index contributed by atoms with van der Waals surface area (Å²) in [5.41, 5.74) is 19.2. The summed E-state index contributed by atoms with van der Waals surface area (Å²) in [5.74, 6) is 0.730. The van der Waals surface area contributed by atoms with Gasteiger partial charge in [0.25, 0.3) is 6.01 Å². The first-order valence-electron chi connectivity index (χ1n) is 16.7. The van der Waals surface area contributed by atoms with Crippen LogP contribution in [0.4, 0.5) is 11.8 Å². The van der Waals surface area contributed by atoms with Gasteiger partial charge in [-0.05, 0) is 67.1 Å². The van der Waals surface area contributed by atoms with Crippen molar-refractivity contribution in [2.24, 2.45) is 5.92 Å². The number of fused-ring (bicyclic) bond motifs is 3. The topological polar surface area (TPSA) is 154 Å². The molecule has 0 bridgehead atoms. The number of nitrogens with zero attached hydrogens (tertiary/aromatic N) is 7. The molecule has 4 heterocycles. The van der Waals surface area contributed by atoms with E-state index in [1.165, 1.54) is 30.4 Å². The maximum Gasteiger partial charge on any atom is 0.292 e. The van der Waals surface area contributed by atoms with Gasteiger partial charge in [0.05, 0.1) is 25.1 Å². The van der Waals surface area contributed by atoms with Crippen LogP contribution in [0.25, 0.3) is 33.4 Å². The molecule has 47 heavy (non-hydrogen) atoms. The average Bonchev–Trinajstić information content (AvgIpc) is 3.64. The van der Waals surface area contributed by atoms with E-state index < -0.39 is 0 Å². The number of benzene rings is 2. The Morgan fingerprint density at radius 1 is 1.00 bits per heavy atom. The fraction of sp³-hybridized carbons (Fsp3) is 0.457. The van der Waals surface area contributed by atoms with Gasteiger partial charge in [-0.3, -0.25) is 9.69 Å². The zero-order chi connectivity index (χ0) is 32.3. The summed E-state index contributed by atoms with van der Waals surface area (Å²) in [6.45, 7) is 10.6. The number of ketones is 1. The largest absolute Gasteiger partial charge is 0.424 e. The van der Waals surface area contributed by atoms with Crippen LogP contribution in [0.3, 0.4) is 0 Å². The molecule has 0 spiro atoms. The molecule has 1 atom stereocenters. The second-order valence-electron chi connectivity index (χ2n) is 12.8. The van der Waals surface area contributed by atoms with E-state index in [0.717, 1.165) is 63.1 Å². The molecule has 0 saturated carbocycles. The number of anilines is 2. The first kappa shape index (κ1) is 31.2. The molecule has 7 rings (SSSR count). The van der Waals surface area contributed by atoms with E-state index in [2.05, 4.69) is 49.9 Å². The molecule has 5 aromatic rings. The number of ether oxygens (including phenoxy) is 1. The Morgan fingerprint density at radius 2 is 1.83 bits per heavy atom. The van der Waals surface area contributed by atoms with Crippen molar-refractivity contribution in [3.63, 3.8) is 0 Å². The van der Waals surface area contributed by atoms with Gasteiger partial charge in [-0.15, -0.1) is 0 Å². The van der Waals surface area contributed by atoms with Crippen molar-refractivity contribution in [3.8, 4) is 11.3 Å². The van der Waals surface area contributed by atoms with E-state index in [9.17, 15) is 4.79 Å². The molecule has 0 amide bonds. The number of Topliss-reactive ketones (excluding diaryl/α,β-unsaturated/α-hetero) is 1. The van der Waals surface area contributed by atoms with Gasteiger partial charge in [0.1, 0.15) is 29.1 Å². The average molecular weight is 638 g/mol. The van der Waals surface area contributed by atoms with Crippen LogP contribution in [0.5, 0.6) is 0 Å². The predicted molar refractivity (Wildman–Crippen MR) is 182 cm³/mol. The summed E-state index contributed by atoms with van der Waals surface area (Å²) in [7, 11) is 0. The highest BCUT2D eigenvalue weighted by Crippen LogP contribution is 2.33. The van der Waals surface area contributed by atoms with Gasteiger partial charge in [-0.1, -0.05) is 25.1 Å². The minimum Gasteiger partial charge on any atom is -0.424 e. The lowest BCUT2D eigenvalue weighted by atomic mass is 9.80. The molecule has 2 aromatic carbocycles. The monoisotopic (exact) mass is 637 g/mol. The van der Waals surface area contributed by atoms with Crippen LogP contribution in [-0.4, -0.2) is 92.8 Å². The first-order valence-corrected chi connectivity index (χ1v) is 16.7. The SMILES string of the molecule is CCCN1CCN(CCOCCC(=O)C2CCc3cc(Cn4nc(-c5ccc6oc(N)nc6c5)c5c(N)ncnc54)ccc3C2)CC1. The smallest absolute Gasteiger partial charge is 0.292 e. The van der Waals surface area contributed by atoms with Gasteiger partial charge in [-0.25, -0.2) is 14.6 Å². The highest BCUT2D eigenvalue weighted by molar-refractivity contribution is 5.99. The van der Waals surface area contributed by atoms with Crippen LogP contribution in [0.1, 0.15) is 42.9 Å². The van der Waals surface area contributed by atoms with Gasteiger partial charge in [-0.2, -0.15) is 10.1 Å². The molecular weight excluding hydrogens is 594 g/mol. The molecule has 2 aliphatic rings. The van der Waals surface area contributed by atoms with Crippen molar-refractivity contribution >= 4 is 39.7 Å². The number of oxazole rings is 1. The molecule has 12 heteroatoms. The van der Waals surface area contributed by atoms with E-state index in [0.29, 0.717) is 65.6 Å². The summed E-state index contributed by atoms with van der Waals surface area (Å²) in [6, 6.07) is 12.3. The van der Waals surface area contributed by atoms with Gasteiger partial charge in [0.15, 0.2) is 11.2 Å². The van der Waals surface area contributed by atoms with Crippen LogP contribution in [-0.2, 0) is 28.9 Å². The van der Waals surface area contributed by atoms with E-state index >= 15 is 0 Å². The number of nitrogen functional groups attached to an aromatic ring is 2. The third-order valence-electron chi connectivity index (χ3n) is 9.57. The highest BCUT2D eigenvalue weighted by atomic mass is 16.5. The van der Waals surface area contributed by atoms with Crippen molar-refractivity contribution in [1.82, 2.24) is 34.5 Å². The van der Waals surface area contributed by atoms with Gasteiger partial charge in [0.2, 0.25) is 0 Å². The molecule has 246 valence electrons. The Labute approximate surface area is 274 Å². The van der Waals surface area contributed by atoms with Crippen LogP contribution in [0.2, 0.25) is 0 Å². The number of nitrogens with two attached hydrogens (primary N) is 2. The molecular formula is C35H43N9O3. The minimum absolute atomic E-state index is 0.0540. The number of aromatic nitrogens is 5. The van der Waals surface area contributed by atoms with Crippen LogP contribution >= 0.6 is 0 Å². The Bertz CT molecular complexity index is 1880.